The van der Waals surface area contributed by atoms with Crippen molar-refractivity contribution in [2.24, 2.45) is 0 Å². The van der Waals surface area contributed by atoms with Crippen LogP contribution in [0.25, 0.3) is 17.0 Å². The average Bonchev–Trinajstić information content (AvgIpc) is 3.43. The molecule has 3 aromatic rings. The topological polar surface area (TPSA) is 91.7 Å². The molecule has 0 spiro atoms. The first-order valence-electron chi connectivity index (χ1n) is 10.2. The molecule has 1 aliphatic rings. The number of nitrogens with zero attached hydrogens (tertiary/aromatic N) is 5. The predicted octanol–water partition coefficient (Wildman–Crippen LogP) is 3.07. The van der Waals surface area contributed by atoms with E-state index in [4.69, 9.17) is 0 Å². The maximum absolute atomic E-state index is 13.0. The summed E-state index contributed by atoms with van der Waals surface area (Å²) in [6.45, 7) is -0.00599. The standard InChI is InChI=1S/C20H24F3N7O/c1-29(10-7-20(21,22)23)14-4-2-13(3-5-14)26-18(31)17-16-15(6-8-25-16)27-19(28-17)30-11-9-24-12-30/h6,8-9,11-14,25H,2-5,7,10H2,1H3,(H,26,31)/t13-,14-. The monoisotopic (exact) mass is 435 g/mol. The van der Waals surface area contributed by atoms with E-state index in [2.05, 4.69) is 25.3 Å². The van der Waals surface area contributed by atoms with Crippen LogP contribution in [0.3, 0.4) is 0 Å². The number of amides is 1. The number of alkyl halides is 3. The third-order valence-corrected chi connectivity index (χ3v) is 5.75. The highest BCUT2D eigenvalue weighted by atomic mass is 19.4. The van der Waals surface area contributed by atoms with Crippen molar-refractivity contribution in [3.63, 3.8) is 0 Å². The van der Waals surface area contributed by atoms with Gasteiger partial charge in [0.1, 0.15) is 6.33 Å². The summed E-state index contributed by atoms with van der Waals surface area (Å²) in [5.41, 5.74) is 1.43. The van der Waals surface area contributed by atoms with Crippen molar-refractivity contribution >= 4 is 16.9 Å². The number of nitrogens with one attached hydrogen (secondary N) is 2. The molecule has 0 unspecified atom stereocenters. The Morgan fingerprint density at radius 1 is 1.29 bits per heavy atom. The molecular formula is C20H24F3N7O. The molecule has 1 aliphatic carbocycles. The third-order valence-electron chi connectivity index (χ3n) is 5.75. The number of hydrogen-bond donors (Lipinski definition) is 2. The number of H-pyrrole nitrogens is 1. The Bertz CT molecular complexity index is 1020. The van der Waals surface area contributed by atoms with E-state index in [-0.39, 0.29) is 30.2 Å². The highest BCUT2D eigenvalue weighted by Gasteiger charge is 2.30. The Morgan fingerprint density at radius 2 is 2.06 bits per heavy atom. The minimum atomic E-state index is -4.14. The van der Waals surface area contributed by atoms with Crippen LogP contribution in [0.4, 0.5) is 13.2 Å². The summed E-state index contributed by atoms with van der Waals surface area (Å²) in [5, 5.41) is 3.03. The molecule has 1 amide bonds. The fourth-order valence-corrected chi connectivity index (χ4v) is 3.99. The van der Waals surface area contributed by atoms with Crippen LogP contribution < -0.4 is 5.32 Å². The zero-order valence-electron chi connectivity index (χ0n) is 17.1. The lowest BCUT2D eigenvalue weighted by molar-refractivity contribution is -0.138. The van der Waals surface area contributed by atoms with Crippen LogP contribution >= 0.6 is 0 Å². The van der Waals surface area contributed by atoms with Gasteiger partial charge < -0.3 is 15.2 Å². The molecule has 1 saturated carbocycles. The van der Waals surface area contributed by atoms with E-state index in [0.717, 1.165) is 12.8 Å². The second-order valence-electron chi connectivity index (χ2n) is 7.90. The predicted molar refractivity (Wildman–Crippen MR) is 108 cm³/mol. The van der Waals surface area contributed by atoms with Crippen LogP contribution in [0.15, 0.2) is 31.0 Å². The number of rotatable bonds is 6. The van der Waals surface area contributed by atoms with Crippen LogP contribution in [-0.4, -0.2) is 67.2 Å². The number of carbonyl (C=O) groups excluding carboxylic acids is 1. The summed E-state index contributed by atoms with van der Waals surface area (Å²) in [6.07, 6.45) is 4.51. The first-order valence-corrected chi connectivity index (χ1v) is 10.2. The lowest BCUT2D eigenvalue weighted by Gasteiger charge is -2.35. The third kappa shape index (κ3) is 5.04. The summed E-state index contributed by atoms with van der Waals surface area (Å²) in [7, 11) is 1.73. The van der Waals surface area contributed by atoms with Gasteiger partial charge in [-0.05, 0) is 38.8 Å². The number of carbonyl (C=O) groups is 1. The Morgan fingerprint density at radius 3 is 2.74 bits per heavy atom. The van der Waals surface area contributed by atoms with E-state index in [0.29, 0.717) is 29.8 Å². The van der Waals surface area contributed by atoms with Crippen LogP contribution in [-0.2, 0) is 0 Å². The highest BCUT2D eigenvalue weighted by molar-refractivity contribution is 6.03. The van der Waals surface area contributed by atoms with Gasteiger partial charge in [-0.2, -0.15) is 13.2 Å². The number of aromatic nitrogens is 5. The van der Waals surface area contributed by atoms with E-state index in [1.807, 2.05) is 0 Å². The van der Waals surface area contributed by atoms with Gasteiger partial charge in [0.05, 0.1) is 17.5 Å². The Hall–Kier alpha value is -2.95. The Balaban J connectivity index is 1.40. The van der Waals surface area contributed by atoms with Crippen molar-refractivity contribution < 1.29 is 18.0 Å². The van der Waals surface area contributed by atoms with Gasteiger partial charge in [0.25, 0.3) is 5.91 Å². The summed E-state index contributed by atoms with van der Waals surface area (Å²) in [4.78, 5) is 30.6. The van der Waals surface area contributed by atoms with Crippen molar-refractivity contribution in [3.05, 3.63) is 36.7 Å². The molecule has 31 heavy (non-hydrogen) atoms. The molecule has 1 fully saturated rings. The normalized spacial score (nSPS) is 19.8. The van der Waals surface area contributed by atoms with E-state index >= 15 is 0 Å². The zero-order chi connectivity index (χ0) is 22.0. The molecule has 11 heteroatoms. The van der Waals surface area contributed by atoms with Crippen molar-refractivity contribution in [1.82, 2.24) is 34.7 Å². The number of fused-ring (bicyclic) bond motifs is 1. The van der Waals surface area contributed by atoms with E-state index < -0.39 is 12.6 Å². The number of halogens is 3. The Labute approximate surface area is 176 Å². The van der Waals surface area contributed by atoms with Crippen molar-refractivity contribution in [1.29, 1.82) is 0 Å². The molecule has 0 atom stereocenters. The summed E-state index contributed by atoms with van der Waals surface area (Å²) in [6, 6.07) is 1.82. The van der Waals surface area contributed by atoms with E-state index in [1.54, 1.807) is 47.5 Å². The maximum Gasteiger partial charge on any atom is 0.390 e. The smallest absolute Gasteiger partial charge is 0.358 e. The second kappa shape index (κ2) is 8.66. The van der Waals surface area contributed by atoms with Crippen LogP contribution in [0.5, 0.6) is 0 Å². The van der Waals surface area contributed by atoms with Gasteiger partial charge in [-0.3, -0.25) is 9.36 Å². The quantitative estimate of drug-likeness (QED) is 0.621. The molecule has 0 aliphatic heterocycles. The van der Waals surface area contributed by atoms with Gasteiger partial charge in [-0.15, -0.1) is 0 Å². The molecule has 8 nitrogen and oxygen atoms in total. The number of hydrogen-bond acceptors (Lipinski definition) is 5. The van der Waals surface area contributed by atoms with Gasteiger partial charge in [0.2, 0.25) is 5.95 Å². The van der Waals surface area contributed by atoms with Crippen molar-refractivity contribution in [3.8, 4) is 5.95 Å². The van der Waals surface area contributed by atoms with Crippen LogP contribution in [0, 0.1) is 0 Å². The fourth-order valence-electron chi connectivity index (χ4n) is 3.99. The number of imidazole rings is 1. The molecule has 0 aromatic carbocycles. The molecular weight excluding hydrogens is 411 g/mol. The maximum atomic E-state index is 13.0. The SMILES string of the molecule is CN(CCC(F)(F)F)[C@H]1CC[C@H](NC(=O)c2nc(-n3ccnc3)nc3cc[nH]c23)CC1. The largest absolute Gasteiger partial charge is 0.390 e. The van der Waals surface area contributed by atoms with Gasteiger partial charge in [-0.25, -0.2) is 15.0 Å². The molecule has 4 rings (SSSR count). The summed E-state index contributed by atoms with van der Waals surface area (Å²) >= 11 is 0. The highest BCUT2D eigenvalue weighted by Crippen LogP contribution is 2.26. The second-order valence-corrected chi connectivity index (χ2v) is 7.90. The molecule has 2 N–H and O–H groups in total. The zero-order valence-corrected chi connectivity index (χ0v) is 17.1. The molecule has 3 heterocycles. The lowest BCUT2D eigenvalue weighted by atomic mass is 9.90. The van der Waals surface area contributed by atoms with Gasteiger partial charge >= 0.3 is 6.18 Å². The summed E-state index contributed by atoms with van der Waals surface area (Å²) in [5.74, 6) is 0.0508. The van der Waals surface area contributed by atoms with Crippen LogP contribution in [0.1, 0.15) is 42.6 Å². The molecule has 0 radical (unpaired) electrons. The van der Waals surface area contributed by atoms with Crippen molar-refractivity contribution in [2.75, 3.05) is 13.6 Å². The molecule has 0 bridgehead atoms. The molecule has 166 valence electrons. The molecule has 0 saturated heterocycles. The van der Waals surface area contributed by atoms with Gasteiger partial charge in [-0.1, -0.05) is 0 Å². The van der Waals surface area contributed by atoms with E-state index in [9.17, 15) is 18.0 Å². The van der Waals surface area contributed by atoms with Crippen molar-refractivity contribution in [2.45, 2.75) is 50.4 Å². The fraction of sp³-hybridized carbons (Fsp3) is 0.500. The first kappa shape index (κ1) is 21.3. The average molecular weight is 435 g/mol. The van der Waals surface area contributed by atoms with Gasteiger partial charge in [0, 0.05) is 37.2 Å². The molecule has 3 aromatic heterocycles. The minimum Gasteiger partial charge on any atom is -0.358 e. The van der Waals surface area contributed by atoms with E-state index in [1.165, 1.54) is 0 Å². The first-order chi connectivity index (χ1) is 14.8. The number of aromatic amines is 1. The van der Waals surface area contributed by atoms with Gasteiger partial charge in [0.15, 0.2) is 5.69 Å². The summed E-state index contributed by atoms with van der Waals surface area (Å²) < 4.78 is 39.0. The Kier molecular flexibility index (Phi) is 5.94. The van der Waals surface area contributed by atoms with Crippen LogP contribution in [0.2, 0.25) is 0 Å². The lowest BCUT2D eigenvalue weighted by Crippen LogP contribution is -2.43. The minimum absolute atomic E-state index is 0.00599.